The second-order valence-electron chi connectivity index (χ2n) is 7.05. The predicted octanol–water partition coefficient (Wildman–Crippen LogP) is 3.93. The Balaban J connectivity index is 1.64. The van der Waals surface area contributed by atoms with E-state index in [0.717, 1.165) is 5.56 Å². The van der Waals surface area contributed by atoms with Gasteiger partial charge < -0.3 is 20.7 Å². The molecule has 3 amide bonds. The van der Waals surface area contributed by atoms with Crippen LogP contribution < -0.4 is 20.7 Å². The molecule has 1 aromatic heterocycles. The van der Waals surface area contributed by atoms with Crippen LogP contribution in [0.15, 0.2) is 90.3 Å². The van der Waals surface area contributed by atoms with Crippen molar-refractivity contribution in [2.24, 2.45) is 0 Å². The average molecular weight is 414 g/mol. The van der Waals surface area contributed by atoms with Gasteiger partial charge >= 0.3 is 6.03 Å². The average Bonchev–Trinajstić information content (AvgIpc) is 2.78. The van der Waals surface area contributed by atoms with E-state index in [1.165, 1.54) is 0 Å². The van der Waals surface area contributed by atoms with Gasteiger partial charge in [0.15, 0.2) is 0 Å². The monoisotopic (exact) mass is 414 g/mol. The molecule has 2 aromatic carbocycles. The number of ether oxygens (including phenoxy) is 1. The molecule has 7 heteroatoms. The molecule has 2 heterocycles. The van der Waals surface area contributed by atoms with E-state index in [4.69, 9.17) is 4.74 Å². The SMILES string of the molecule is CC1=C(C(=O)Nc2ccccn2)C(c2ccccc2OCc2ccccc2)NC(=O)N1. The molecule has 1 unspecified atom stereocenters. The molecule has 4 rings (SSSR count). The molecular formula is C24H22N4O3. The minimum Gasteiger partial charge on any atom is -0.489 e. The Morgan fingerprint density at radius 1 is 1.03 bits per heavy atom. The summed E-state index contributed by atoms with van der Waals surface area (Å²) in [5.74, 6) is 0.665. The molecule has 1 aliphatic rings. The van der Waals surface area contributed by atoms with Crippen LogP contribution in [0, 0.1) is 0 Å². The van der Waals surface area contributed by atoms with Crippen LogP contribution >= 0.6 is 0 Å². The smallest absolute Gasteiger partial charge is 0.319 e. The van der Waals surface area contributed by atoms with Crippen LogP contribution in [0.4, 0.5) is 10.6 Å². The van der Waals surface area contributed by atoms with Crippen molar-refractivity contribution in [2.75, 3.05) is 5.32 Å². The van der Waals surface area contributed by atoms with Crippen LogP contribution in [0.2, 0.25) is 0 Å². The van der Waals surface area contributed by atoms with Crippen LogP contribution in [-0.4, -0.2) is 16.9 Å². The van der Waals surface area contributed by atoms with Crippen molar-refractivity contribution in [1.82, 2.24) is 15.6 Å². The first-order chi connectivity index (χ1) is 15.1. The molecule has 0 spiro atoms. The van der Waals surface area contributed by atoms with Crippen molar-refractivity contribution in [3.8, 4) is 5.75 Å². The highest BCUT2D eigenvalue weighted by Gasteiger charge is 2.33. The topological polar surface area (TPSA) is 92.3 Å². The highest BCUT2D eigenvalue weighted by molar-refractivity contribution is 6.06. The summed E-state index contributed by atoms with van der Waals surface area (Å²) in [6, 6.07) is 21.4. The van der Waals surface area contributed by atoms with Gasteiger partial charge in [-0.25, -0.2) is 9.78 Å². The molecule has 0 saturated heterocycles. The third-order valence-electron chi connectivity index (χ3n) is 4.89. The van der Waals surface area contributed by atoms with E-state index < -0.39 is 6.04 Å². The second-order valence-corrected chi connectivity index (χ2v) is 7.05. The lowest BCUT2D eigenvalue weighted by Gasteiger charge is -2.29. The van der Waals surface area contributed by atoms with Crippen molar-refractivity contribution in [1.29, 1.82) is 0 Å². The van der Waals surface area contributed by atoms with Crippen molar-refractivity contribution < 1.29 is 14.3 Å². The van der Waals surface area contributed by atoms with Crippen LogP contribution in [0.3, 0.4) is 0 Å². The zero-order chi connectivity index (χ0) is 21.6. The molecule has 0 aliphatic carbocycles. The predicted molar refractivity (Wildman–Crippen MR) is 117 cm³/mol. The molecule has 0 fully saturated rings. The minimum atomic E-state index is -0.676. The third-order valence-corrected chi connectivity index (χ3v) is 4.89. The summed E-state index contributed by atoms with van der Waals surface area (Å²) < 4.78 is 6.05. The molecular weight excluding hydrogens is 392 g/mol. The van der Waals surface area contributed by atoms with Gasteiger partial charge in [0.25, 0.3) is 5.91 Å². The number of benzene rings is 2. The van der Waals surface area contributed by atoms with Crippen LogP contribution in [0.25, 0.3) is 0 Å². The normalized spacial score (nSPS) is 15.6. The Hall–Kier alpha value is -4.13. The molecule has 1 atom stereocenters. The molecule has 156 valence electrons. The highest BCUT2D eigenvalue weighted by atomic mass is 16.5. The Kier molecular flexibility index (Phi) is 5.93. The van der Waals surface area contributed by atoms with Gasteiger partial charge in [-0.05, 0) is 30.7 Å². The molecule has 0 radical (unpaired) electrons. The number of nitrogens with zero attached hydrogens (tertiary/aromatic N) is 1. The van der Waals surface area contributed by atoms with Gasteiger partial charge in [-0.2, -0.15) is 0 Å². The number of anilines is 1. The molecule has 1 aliphatic heterocycles. The molecule has 0 bridgehead atoms. The van der Waals surface area contributed by atoms with E-state index in [1.807, 2.05) is 54.6 Å². The summed E-state index contributed by atoms with van der Waals surface area (Å²) in [6.45, 7) is 2.07. The lowest BCUT2D eigenvalue weighted by molar-refractivity contribution is -0.113. The lowest BCUT2D eigenvalue weighted by Crippen LogP contribution is -2.46. The molecule has 3 aromatic rings. The number of carbonyl (C=O) groups excluding carboxylic acids is 2. The van der Waals surface area contributed by atoms with E-state index in [-0.39, 0.29) is 11.9 Å². The van der Waals surface area contributed by atoms with Crippen LogP contribution in [-0.2, 0) is 11.4 Å². The summed E-state index contributed by atoms with van der Waals surface area (Å²) in [5.41, 5.74) is 2.58. The number of allylic oxidation sites excluding steroid dienone is 1. The molecule has 7 nitrogen and oxygen atoms in total. The number of hydrogen-bond donors (Lipinski definition) is 3. The zero-order valence-electron chi connectivity index (χ0n) is 17.0. The fraction of sp³-hybridized carbons (Fsp3) is 0.125. The Labute approximate surface area is 180 Å². The van der Waals surface area contributed by atoms with Crippen molar-refractivity contribution >= 4 is 17.8 Å². The maximum atomic E-state index is 13.1. The summed E-state index contributed by atoms with van der Waals surface area (Å²) in [5, 5.41) is 8.32. The van der Waals surface area contributed by atoms with E-state index in [0.29, 0.717) is 35.0 Å². The van der Waals surface area contributed by atoms with Gasteiger partial charge in [0.2, 0.25) is 0 Å². The minimum absolute atomic E-state index is 0.355. The van der Waals surface area contributed by atoms with Gasteiger partial charge in [-0.1, -0.05) is 54.6 Å². The van der Waals surface area contributed by atoms with Gasteiger partial charge in [0.05, 0.1) is 11.6 Å². The highest BCUT2D eigenvalue weighted by Crippen LogP contribution is 2.33. The Bertz CT molecular complexity index is 1110. The van der Waals surface area contributed by atoms with Crippen molar-refractivity contribution in [2.45, 2.75) is 19.6 Å². The maximum Gasteiger partial charge on any atom is 0.319 e. The second kappa shape index (κ2) is 9.13. The first-order valence-corrected chi connectivity index (χ1v) is 9.88. The largest absolute Gasteiger partial charge is 0.489 e. The Morgan fingerprint density at radius 3 is 2.55 bits per heavy atom. The van der Waals surface area contributed by atoms with Gasteiger partial charge in [-0.3, -0.25) is 4.79 Å². The lowest BCUT2D eigenvalue weighted by atomic mass is 9.94. The zero-order valence-corrected chi connectivity index (χ0v) is 17.0. The fourth-order valence-corrected chi connectivity index (χ4v) is 3.43. The Morgan fingerprint density at radius 2 is 1.77 bits per heavy atom. The number of urea groups is 1. The number of pyridine rings is 1. The number of amides is 3. The molecule has 3 N–H and O–H groups in total. The molecule has 0 saturated carbocycles. The first kappa shape index (κ1) is 20.2. The first-order valence-electron chi connectivity index (χ1n) is 9.88. The number of carbonyl (C=O) groups is 2. The van der Waals surface area contributed by atoms with Crippen molar-refractivity contribution in [3.63, 3.8) is 0 Å². The number of rotatable bonds is 6. The van der Waals surface area contributed by atoms with Crippen LogP contribution in [0.5, 0.6) is 5.75 Å². The van der Waals surface area contributed by atoms with E-state index in [2.05, 4.69) is 20.9 Å². The number of hydrogen-bond acceptors (Lipinski definition) is 4. The summed E-state index contributed by atoms with van der Waals surface area (Å²) >= 11 is 0. The van der Waals surface area contributed by atoms with Crippen LogP contribution in [0.1, 0.15) is 24.1 Å². The summed E-state index contributed by atoms with van der Waals surface area (Å²) in [7, 11) is 0. The number of nitrogens with one attached hydrogen (secondary N) is 3. The van der Waals surface area contributed by atoms with Gasteiger partial charge in [-0.15, -0.1) is 0 Å². The summed E-state index contributed by atoms with van der Waals surface area (Å²) in [4.78, 5) is 29.5. The van der Waals surface area contributed by atoms with E-state index >= 15 is 0 Å². The quantitative estimate of drug-likeness (QED) is 0.570. The van der Waals surface area contributed by atoms with Gasteiger partial charge in [0.1, 0.15) is 18.2 Å². The standard InChI is InChI=1S/C24H22N4O3/c1-16-21(23(29)27-20-13-7-8-14-25-20)22(28-24(30)26-16)18-11-5-6-12-19(18)31-15-17-9-3-2-4-10-17/h2-14,22H,15H2,1H3,(H,25,27,29)(H2,26,28,30). The van der Waals surface area contributed by atoms with Crippen molar-refractivity contribution in [3.05, 3.63) is 101 Å². The summed E-state index contributed by atoms with van der Waals surface area (Å²) in [6.07, 6.45) is 1.60. The maximum absolute atomic E-state index is 13.1. The van der Waals surface area contributed by atoms with Gasteiger partial charge in [0, 0.05) is 17.5 Å². The number of para-hydroxylation sites is 1. The van der Waals surface area contributed by atoms with E-state index in [1.54, 1.807) is 31.3 Å². The third kappa shape index (κ3) is 4.72. The number of aromatic nitrogens is 1. The fourth-order valence-electron chi connectivity index (χ4n) is 3.43. The molecule has 31 heavy (non-hydrogen) atoms. The van der Waals surface area contributed by atoms with E-state index in [9.17, 15) is 9.59 Å².